The highest BCUT2D eigenvalue weighted by molar-refractivity contribution is 7.17. The zero-order valence-electron chi connectivity index (χ0n) is 16.7. The number of nitrogens with zero attached hydrogens (tertiary/aromatic N) is 2. The van der Waals surface area contributed by atoms with E-state index >= 15 is 0 Å². The van der Waals surface area contributed by atoms with E-state index in [9.17, 15) is 14.4 Å². The summed E-state index contributed by atoms with van der Waals surface area (Å²) in [5.41, 5.74) is 1.38. The van der Waals surface area contributed by atoms with Gasteiger partial charge in [0.1, 0.15) is 18.7 Å². The summed E-state index contributed by atoms with van der Waals surface area (Å²) in [7, 11) is 0. The van der Waals surface area contributed by atoms with E-state index in [1.165, 1.54) is 11.3 Å². The summed E-state index contributed by atoms with van der Waals surface area (Å²) >= 11 is 1.49. The van der Waals surface area contributed by atoms with E-state index in [4.69, 9.17) is 4.74 Å². The molecular weight excluding hydrogens is 414 g/mol. The minimum absolute atomic E-state index is 0.0413. The van der Waals surface area contributed by atoms with Crippen molar-refractivity contribution in [3.8, 4) is 0 Å². The van der Waals surface area contributed by atoms with Crippen molar-refractivity contribution < 1.29 is 19.1 Å². The summed E-state index contributed by atoms with van der Waals surface area (Å²) in [5, 5.41) is 5.60. The molecule has 1 aromatic carbocycles. The maximum atomic E-state index is 13.5. The lowest BCUT2D eigenvalue weighted by Gasteiger charge is -2.27. The smallest absolute Gasteiger partial charge is 0.253 e. The number of pyridine rings is 1. The normalized spacial score (nSPS) is 21.3. The van der Waals surface area contributed by atoms with Crippen molar-refractivity contribution in [2.45, 2.75) is 31.0 Å². The molecule has 8 heteroatoms. The highest BCUT2D eigenvalue weighted by Crippen LogP contribution is 2.29. The van der Waals surface area contributed by atoms with Crippen LogP contribution in [-0.4, -0.2) is 58.8 Å². The molecule has 2 fully saturated rings. The first-order chi connectivity index (χ1) is 15.1. The van der Waals surface area contributed by atoms with Gasteiger partial charge in [-0.25, -0.2) is 0 Å². The van der Waals surface area contributed by atoms with Crippen LogP contribution in [0.5, 0.6) is 0 Å². The number of amides is 2. The number of hydrogen-bond acceptors (Lipinski definition) is 6. The molecular formula is C23H21N3O4S. The fourth-order valence-electron chi connectivity index (χ4n) is 4.39. The minimum Gasteiger partial charge on any atom is -0.368 e. The third kappa shape index (κ3) is 3.73. The Morgan fingerprint density at radius 3 is 2.97 bits per heavy atom. The lowest BCUT2D eigenvalue weighted by Crippen LogP contribution is -2.53. The lowest BCUT2D eigenvalue weighted by molar-refractivity contribution is -0.138. The molecule has 0 bridgehead atoms. The molecule has 0 aliphatic carbocycles. The molecule has 3 atom stereocenters. The Labute approximate surface area is 183 Å². The van der Waals surface area contributed by atoms with Gasteiger partial charge in [-0.3, -0.25) is 19.4 Å². The van der Waals surface area contributed by atoms with E-state index in [-0.39, 0.29) is 30.3 Å². The molecule has 2 aliphatic rings. The number of fused-ring (bicyclic) bond motifs is 2. The van der Waals surface area contributed by atoms with Gasteiger partial charge >= 0.3 is 0 Å². The second kappa shape index (κ2) is 8.20. The highest BCUT2D eigenvalue weighted by atomic mass is 32.1. The van der Waals surface area contributed by atoms with E-state index in [0.717, 1.165) is 15.6 Å². The first-order valence-corrected chi connectivity index (χ1v) is 11.1. The van der Waals surface area contributed by atoms with Crippen molar-refractivity contribution in [2.24, 2.45) is 0 Å². The van der Waals surface area contributed by atoms with E-state index in [1.54, 1.807) is 23.4 Å². The fourth-order valence-corrected chi connectivity index (χ4v) is 5.33. The van der Waals surface area contributed by atoms with Gasteiger partial charge in [0.05, 0.1) is 11.7 Å². The summed E-state index contributed by atoms with van der Waals surface area (Å²) in [6.07, 6.45) is 4.03. The Bertz CT molecular complexity index is 1150. The number of nitrogens with one attached hydrogen (secondary N) is 1. The predicted molar refractivity (Wildman–Crippen MR) is 116 cm³/mol. The standard InChI is InChI=1S/C23H21N3O4S/c27-18-12-30-19-7-9-26(21(18)19)23(29)17(10-14-4-3-8-24-11-14)25-22(28)16-13-31-20-6-2-1-5-15(16)20/h1-6,8,11,13,17,19,21H,7,9-10,12H2,(H,25,28). The molecule has 3 unspecified atom stereocenters. The van der Waals surface area contributed by atoms with Gasteiger partial charge in [0.2, 0.25) is 5.91 Å². The average molecular weight is 436 g/mol. The number of hydrogen-bond donors (Lipinski definition) is 1. The Hall–Kier alpha value is -3.10. The van der Waals surface area contributed by atoms with Crippen LogP contribution in [0.1, 0.15) is 22.3 Å². The predicted octanol–water partition coefficient (Wildman–Crippen LogP) is 2.21. The van der Waals surface area contributed by atoms with Gasteiger partial charge in [-0.15, -0.1) is 11.3 Å². The molecule has 158 valence electrons. The van der Waals surface area contributed by atoms with E-state index in [0.29, 0.717) is 24.9 Å². The van der Waals surface area contributed by atoms with Crippen LogP contribution in [-0.2, 0) is 20.7 Å². The third-order valence-corrected chi connectivity index (χ3v) is 6.85. The van der Waals surface area contributed by atoms with Crippen LogP contribution >= 0.6 is 11.3 Å². The molecule has 0 spiro atoms. The monoisotopic (exact) mass is 435 g/mol. The topological polar surface area (TPSA) is 88.6 Å². The van der Waals surface area contributed by atoms with E-state index in [2.05, 4.69) is 10.3 Å². The van der Waals surface area contributed by atoms with Crippen LogP contribution in [0, 0.1) is 0 Å². The molecule has 1 N–H and O–H groups in total. The van der Waals surface area contributed by atoms with Crippen LogP contribution in [0.4, 0.5) is 0 Å². The first-order valence-electron chi connectivity index (χ1n) is 10.2. The van der Waals surface area contributed by atoms with Crippen molar-refractivity contribution in [2.75, 3.05) is 13.2 Å². The summed E-state index contributed by atoms with van der Waals surface area (Å²) in [6.45, 7) is 0.486. The molecule has 2 aliphatic heterocycles. The number of ketones is 1. The molecule has 0 radical (unpaired) electrons. The van der Waals surface area contributed by atoms with Crippen LogP contribution in [0.3, 0.4) is 0 Å². The number of likely N-dealkylation sites (tertiary alicyclic amines) is 1. The maximum absolute atomic E-state index is 13.5. The molecule has 0 saturated carbocycles. The van der Waals surface area contributed by atoms with E-state index < -0.39 is 12.1 Å². The Kier molecular flexibility index (Phi) is 5.25. The Morgan fingerprint density at radius 1 is 1.26 bits per heavy atom. The quantitative estimate of drug-likeness (QED) is 0.664. The second-order valence-electron chi connectivity index (χ2n) is 7.82. The summed E-state index contributed by atoms with van der Waals surface area (Å²) in [4.78, 5) is 44.6. The summed E-state index contributed by atoms with van der Waals surface area (Å²) in [5.74, 6) is -0.640. The van der Waals surface area contributed by atoms with Gasteiger partial charge in [-0.05, 0) is 24.1 Å². The number of Topliss-reactive ketones (excluding diaryl/α,β-unsaturated/α-hetero) is 1. The van der Waals surface area contributed by atoms with Gasteiger partial charge in [-0.1, -0.05) is 24.3 Å². The number of carbonyl (C=O) groups excluding carboxylic acids is 3. The molecule has 2 amide bonds. The maximum Gasteiger partial charge on any atom is 0.253 e. The Morgan fingerprint density at radius 2 is 2.13 bits per heavy atom. The number of rotatable bonds is 5. The average Bonchev–Trinajstić information content (AvgIpc) is 3.50. The van der Waals surface area contributed by atoms with Crippen LogP contribution in [0.2, 0.25) is 0 Å². The second-order valence-corrected chi connectivity index (χ2v) is 8.73. The molecule has 2 aromatic heterocycles. The molecule has 5 rings (SSSR count). The molecule has 3 aromatic rings. The largest absolute Gasteiger partial charge is 0.368 e. The van der Waals surface area contributed by atoms with Gasteiger partial charge in [-0.2, -0.15) is 0 Å². The molecule has 2 saturated heterocycles. The van der Waals surface area contributed by atoms with Crippen LogP contribution in [0.25, 0.3) is 10.1 Å². The van der Waals surface area contributed by atoms with E-state index in [1.807, 2.05) is 35.7 Å². The van der Waals surface area contributed by atoms with Crippen molar-refractivity contribution in [1.29, 1.82) is 0 Å². The van der Waals surface area contributed by atoms with Crippen LogP contribution < -0.4 is 5.32 Å². The molecule has 4 heterocycles. The number of thiophene rings is 1. The number of carbonyl (C=O) groups is 3. The zero-order valence-corrected chi connectivity index (χ0v) is 17.5. The number of benzene rings is 1. The third-order valence-electron chi connectivity index (χ3n) is 5.89. The molecule has 7 nitrogen and oxygen atoms in total. The van der Waals surface area contributed by atoms with Crippen molar-refractivity contribution in [3.63, 3.8) is 0 Å². The summed E-state index contributed by atoms with van der Waals surface area (Å²) in [6, 6.07) is 10.00. The van der Waals surface area contributed by atoms with Crippen LogP contribution in [0.15, 0.2) is 54.2 Å². The number of aromatic nitrogens is 1. The number of ether oxygens (including phenoxy) is 1. The fraction of sp³-hybridized carbons (Fsp3) is 0.304. The van der Waals surface area contributed by atoms with Crippen molar-refractivity contribution in [1.82, 2.24) is 15.2 Å². The Balaban J connectivity index is 1.42. The zero-order chi connectivity index (χ0) is 21.4. The SMILES string of the molecule is O=C(NC(Cc1cccnc1)C(=O)N1CCC2OCC(=O)C21)c1csc2ccccc12. The van der Waals surface area contributed by atoms with Crippen molar-refractivity contribution in [3.05, 3.63) is 65.3 Å². The summed E-state index contributed by atoms with van der Waals surface area (Å²) < 4.78 is 6.53. The van der Waals surface area contributed by atoms with Gasteiger partial charge in [0, 0.05) is 40.8 Å². The van der Waals surface area contributed by atoms with Gasteiger partial charge in [0.25, 0.3) is 5.91 Å². The molecule has 31 heavy (non-hydrogen) atoms. The van der Waals surface area contributed by atoms with Gasteiger partial charge in [0.15, 0.2) is 5.78 Å². The van der Waals surface area contributed by atoms with Crippen molar-refractivity contribution >= 4 is 39.0 Å². The van der Waals surface area contributed by atoms with Gasteiger partial charge < -0.3 is 15.0 Å². The minimum atomic E-state index is -0.803. The highest BCUT2D eigenvalue weighted by Gasteiger charge is 2.48. The lowest BCUT2D eigenvalue weighted by atomic mass is 10.0. The first kappa shape index (κ1) is 19.8.